The van der Waals surface area contributed by atoms with E-state index in [0.717, 1.165) is 0 Å². The zero-order valence-electron chi connectivity index (χ0n) is 10.7. The molecular formula is C12H16N6O. The summed E-state index contributed by atoms with van der Waals surface area (Å²) >= 11 is 0. The number of amides is 1. The number of rotatable bonds is 6. The molecule has 0 aliphatic rings. The van der Waals surface area contributed by atoms with Gasteiger partial charge in [-0.15, -0.1) is 10.2 Å². The Labute approximate surface area is 111 Å². The number of aromatic nitrogens is 4. The number of carbonyl (C=O) groups excluding carboxylic acids is 1. The van der Waals surface area contributed by atoms with E-state index in [0.29, 0.717) is 31.1 Å². The highest BCUT2D eigenvalue weighted by Crippen LogP contribution is 2.04. The molecule has 0 aromatic carbocycles. The van der Waals surface area contributed by atoms with Gasteiger partial charge in [0, 0.05) is 31.9 Å². The second-order valence-corrected chi connectivity index (χ2v) is 3.86. The van der Waals surface area contributed by atoms with Crippen LogP contribution < -0.4 is 10.6 Å². The summed E-state index contributed by atoms with van der Waals surface area (Å²) in [6.07, 6.45) is 3.99. The minimum absolute atomic E-state index is 0.0434. The SMILES string of the molecule is CCC(=O)NCCNc1ccc(-n2cccn2)nn1. The van der Waals surface area contributed by atoms with Gasteiger partial charge in [-0.05, 0) is 18.2 Å². The van der Waals surface area contributed by atoms with Gasteiger partial charge in [-0.3, -0.25) is 4.79 Å². The maximum atomic E-state index is 11.0. The molecule has 2 rings (SSSR count). The number of nitrogens with one attached hydrogen (secondary N) is 2. The Balaban J connectivity index is 1.81. The quantitative estimate of drug-likeness (QED) is 0.743. The van der Waals surface area contributed by atoms with Gasteiger partial charge in [0.25, 0.3) is 0 Å². The van der Waals surface area contributed by atoms with Crippen molar-refractivity contribution in [3.8, 4) is 5.82 Å². The molecule has 0 saturated heterocycles. The standard InChI is InChI=1S/C12H16N6O/c1-2-12(19)14-8-7-13-10-4-5-11(17-16-10)18-9-3-6-15-18/h3-6,9H,2,7-8H2,1H3,(H,13,16)(H,14,19). The first-order chi connectivity index (χ1) is 9.29. The maximum Gasteiger partial charge on any atom is 0.219 e. The summed E-state index contributed by atoms with van der Waals surface area (Å²) in [5.41, 5.74) is 0. The van der Waals surface area contributed by atoms with Crippen molar-refractivity contribution in [1.82, 2.24) is 25.3 Å². The smallest absolute Gasteiger partial charge is 0.219 e. The van der Waals surface area contributed by atoms with E-state index in [2.05, 4.69) is 25.9 Å². The fraction of sp³-hybridized carbons (Fsp3) is 0.333. The first kappa shape index (κ1) is 13.0. The Morgan fingerprint density at radius 3 is 2.84 bits per heavy atom. The third-order valence-electron chi connectivity index (χ3n) is 2.46. The van der Waals surface area contributed by atoms with Crippen LogP contribution in [0.2, 0.25) is 0 Å². The molecule has 0 atom stereocenters. The summed E-state index contributed by atoms with van der Waals surface area (Å²) in [4.78, 5) is 11.0. The van der Waals surface area contributed by atoms with Gasteiger partial charge in [0.1, 0.15) is 5.82 Å². The molecular weight excluding hydrogens is 244 g/mol. The molecule has 1 amide bonds. The predicted molar refractivity (Wildman–Crippen MR) is 70.9 cm³/mol. The molecule has 0 aliphatic carbocycles. The van der Waals surface area contributed by atoms with Gasteiger partial charge in [-0.25, -0.2) is 4.68 Å². The molecule has 7 heteroatoms. The highest BCUT2D eigenvalue weighted by molar-refractivity contribution is 5.75. The minimum atomic E-state index is 0.0434. The average Bonchev–Trinajstić information content (AvgIpc) is 2.98. The minimum Gasteiger partial charge on any atom is -0.367 e. The number of anilines is 1. The predicted octanol–water partition coefficient (Wildman–Crippen LogP) is 0.600. The van der Waals surface area contributed by atoms with E-state index in [-0.39, 0.29) is 5.91 Å². The van der Waals surface area contributed by atoms with Gasteiger partial charge >= 0.3 is 0 Å². The van der Waals surface area contributed by atoms with Crippen LogP contribution in [-0.2, 0) is 4.79 Å². The van der Waals surface area contributed by atoms with Crippen molar-refractivity contribution in [3.05, 3.63) is 30.6 Å². The lowest BCUT2D eigenvalue weighted by molar-refractivity contribution is -0.120. The van der Waals surface area contributed by atoms with Crippen molar-refractivity contribution in [2.24, 2.45) is 0 Å². The molecule has 19 heavy (non-hydrogen) atoms. The van der Waals surface area contributed by atoms with Crippen molar-refractivity contribution in [3.63, 3.8) is 0 Å². The van der Waals surface area contributed by atoms with Crippen LogP contribution in [0.4, 0.5) is 5.82 Å². The molecule has 2 heterocycles. The second-order valence-electron chi connectivity index (χ2n) is 3.86. The Morgan fingerprint density at radius 1 is 1.32 bits per heavy atom. The number of hydrogen-bond acceptors (Lipinski definition) is 5. The molecule has 0 unspecified atom stereocenters. The number of hydrogen-bond donors (Lipinski definition) is 2. The van der Waals surface area contributed by atoms with Crippen LogP contribution in [0.5, 0.6) is 0 Å². The van der Waals surface area contributed by atoms with E-state index >= 15 is 0 Å². The molecule has 2 aromatic heterocycles. The fourth-order valence-corrected chi connectivity index (χ4v) is 1.46. The third kappa shape index (κ3) is 3.77. The van der Waals surface area contributed by atoms with Crippen LogP contribution in [0.25, 0.3) is 5.82 Å². The van der Waals surface area contributed by atoms with Gasteiger partial charge in [0.2, 0.25) is 5.91 Å². The van der Waals surface area contributed by atoms with Gasteiger partial charge in [0.15, 0.2) is 5.82 Å². The Kier molecular flexibility index (Phi) is 4.44. The average molecular weight is 260 g/mol. The van der Waals surface area contributed by atoms with Gasteiger partial charge < -0.3 is 10.6 Å². The lowest BCUT2D eigenvalue weighted by atomic mass is 10.4. The van der Waals surface area contributed by atoms with Crippen molar-refractivity contribution in [1.29, 1.82) is 0 Å². The molecule has 0 aliphatic heterocycles. The van der Waals surface area contributed by atoms with E-state index in [1.54, 1.807) is 17.1 Å². The normalized spacial score (nSPS) is 10.2. The van der Waals surface area contributed by atoms with Crippen molar-refractivity contribution < 1.29 is 4.79 Å². The van der Waals surface area contributed by atoms with E-state index < -0.39 is 0 Å². The first-order valence-corrected chi connectivity index (χ1v) is 6.14. The molecule has 2 aromatic rings. The Bertz CT molecular complexity index is 508. The molecule has 100 valence electrons. The molecule has 0 fully saturated rings. The fourth-order valence-electron chi connectivity index (χ4n) is 1.46. The summed E-state index contributed by atoms with van der Waals surface area (Å²) < 4.78 is 1.64. The van der Waals surface area contributed by atoms with Crippen molar-refractivity contribution in [2.45, 2.75) is 13.3 Å². The molecule has 0 spiro atoms. The third-order valence-corrected chi connectivity index (χ3v) is 2.46. The van der Waals surface area contributed by atoms with E-state index in [9.17, 15) is 4.79 Å². The summed E-state index contributed by atoms with van der Waals surface area (Å²) in [5, 5.41) is 18.0. The van der Waals surface area contributed by atoms with Crippen LogP contribution in [0.15, 0.2) is 30.6 Å². The molecule has 2 N–H and O–H groups in total. The maximum absolute atomic E-state index is 11.0. The largest absolute Gasteiger partial charge is 0.367 e. The first-order valence-electron chi connectivity index (χ1n) is 6.14. The summed E-state index contributed by atoms with van der Waals surface area (Å²) in [7, 11) is 0. The van der Waals surface area contributed by atoms with Crippen molar-refractivity contribution >= 4 is 11.7 Å². The molecule has 7 nitrogen and oxygen atoms in total. The lowest BCUT2D eigenvalue weighted by Gasteiger charge is -2.06. The Hall–Kier alpha value is -2.44. The van der Waals surface area contributed by atoms with E-state index in [1.807, 2.05) is 25.1 Å². The molecule has 0 saturated carbocycles. The topological polar surface area (TPSA) is 84.7 Å². The van der Waals surface area contributed by atoms with Crippen LogP contribution >= 0.6 is 0 Å². The summed E-state index contributed by atoms with van der Waals surface area (Å²) in [5.74, 6) is 1.37. The zero-order valence-corrected chi connectivity index (χ0v) is 10.7. The van der Waals surface area contributed by atoms with Gasteiger partial charge in [-0.1, -0.05) is 6.92 Å². The molecule has 0 bridgehead atoms. The summed E-state index contributed by atoms with van der Waals surface area (Å²) in [6.45, 7) is 3.00. The summed E-state index contributed by atoms with van der Waals surface area (Å²) in [6, 6.07) is 5.48. The highest BCUT2D eigenvalue weighted by atomic mass is 16.1. The van der Waals surface area contributed by atoms with Gasteiger partial charge in [0.05, 0.1) is 0 Å². The van der Waals surface area contributed by atoms with Crippen molar-refractivity contribution in [2.75, 3.05) is 18.4 Å². The lowest BCUT2D eigenvalue weighted by Crippen LogP contribution is -2.28. The zero-order chi connectivity index (χ0) is 13.5. The van der Waals surface area contributed by atoms with Crippen LogP contribution in [-0.4, -0.2) is 39.0 Å². The number of nitrogens with zero attached hydrogens (tertiary/aromatic N) is 4. The monoisotopic (exact) mass is 260 g/mol. The van der Waals surface area contributed by atoms with Crippen LogP contribution in [0, 0.1) is 0 Å². The highest BCUT2D eigenvalue weighted by Gasteiger charge is 2.00. The Morgan fingerprint density at radius 2 is 2.21 bits per heavy atom. The van der Waals surface area contributed by atoms with E-state index in [1.165, 1.54) is 0 Å². The second kappa shape index (κ2) is 6.48. The van der Waals surface area contributed by atoms with Crippen LogP contribution in [0.3, 0.4) is 0 Å². The van der Waals surface area contributed by atoms with E-state index in [4.69, 9.17) is 0 Å². The molecule has 0 radical (unpaired) electrons. The van der Waals surface area contributed by atoms with Gasteiger partial charge in [-0.2, -0.15) is 5.10 Å². The number of carbonyl (C=O) groups is 1. The van der Waals surface area contributed by atoms with Crippen LogP contribution in [0.1, 0.15) is 13.3 Å².